The maximum atomic E-state index is 7.11. The summed E-state index contributed by atoms with van der Waals surface area (Å²) >= 11 is 0. The van der Waals surface area contributed by atoms with Crippen LogP contribution in [0.5, 0.6) is 0 Å². The van der Waals surface area contributed by atoms with E-state index in [1.165, 1.54) is 106 Å². The van der Waals surface area contributed by atoms with Crippen molar-refractivity contribution in [1.82, 2.24) is 4.57 Å². The molecule has 3 heteroatoms. The van der Waals surface area contributed by atoms with Gasteiger partial charge in [0.15, 0.2) is 0 Å². The van der Waals surface area contributed by atoms with Crippen LogP contribution in [-0.2, 0) is 17.3 Å². The number of nitrogens with zero attached hydrogens (tertiary/aromatic N) is 2. The first-order valence-corrected chi connectivity index (χ1v) is 20.7. The molecule has 0 fully saturated rings. The highest BCUT2D eigenvalue weighted by molar-refractivity contribution is 6.19. The summed E-state index contributed by atoms with van der Waals surface area (Å²) in [5, 5.41) is 3.70. The third-order valence-electron chi connectivity index (χ3n) is 13.8. The molecule has 0 radical (unpaired) electrons. The van der Waals surface area contributed by atoms with E-state index >= 15 is 0 Å². The largest absolute Gasteiger partial charge is 0.455 e. The van der Waals surface area contributed by atoms with Crippen molar-refractivity contribution in [2.45, 2.75) is 58.3 Å². The van der Waals surface area contributed by atoms with Crippen molar-refractivity contribution in [3.8, 4) is 27.9 Å². The molecule has 0 saturated heterocycles. The fraction of sp³-hybridized carbons (Fsp3) is 0.164. The summed E-state index contributed by atoms with van der Waals surface area (Å²) in [6.07, 6.45) is 4.33. The third-order valence-corrected chi connectivity index (χ3v) is 13.8. The van der Waals surface area contributed by atoms with Crippen LogP contribution in [-0.4, -0.2) is 4.57 Å². The molecular weight excluding hydrogens is 705 g/mol. The lowest BCUT2D eigenvalue weighted by atomic mass is 9.81. The van der Waals surface area contributed by atoms with Crippen molar-refractivity contribution in [1.29, 1.82) is 0 Å². The normalized spacial score (nSPS) is 15.6. The minimum absolute atomic E-state index is 0.142. The summed E-state index contributed by atoms with van der Waals surface area (Å²) in [7, 11) is 0. The highest BCUT2D eigenvalue weighted by Gasteiger charge is 2.41. The van der Waals surface area contributed by atoms with Gasteiger partial charge in [-0.1, -0.05) is 131 Å². The number of para-hydroxylation sites is 2. The first-order valence-electron chi connectivity index (χ1n) is 20.7. The summed E-state index contributed by atoms with van der Waals surface area (Å²) in [5.41, 5.74) is 22.1. The molecule has 0 atom stereocenters. The molecule has 0 spiro atoms. The molecule has 2 aromatic heterocycles. The van der Waals surface area contributed by atoms with Crippen molar-refractivity contribution in [2.24, 2.45) is 0 Å². The van der Waals surface area contributed by atoms with E-state index in [-0.39, 0.29) is 10.8 Å². The quantitative estimate of drug-likeness (QED) is 0.179. The fourth-order valence-corrected chi connectivity index (χ4v) is 11.0. The second-order valence-corrected chi connectivity index (χ2v) is 17.7. The van der Waals surface area contributed by atoms with Crippen LogP contribution in [0, 0.1) is 6.92 Å². The van der Waals surface area contributed by atoms with Gasteiger partial charge >= 0.3 is 0 Å². The van der Waals surface area contributed by atoms with Crippen LogP contribution in [0.1, 0.15) is 73.2 Å². The van der Waals surface area contributed by atoms with Gasteiger partial charge in [0.25, 0.3) is 0 Å². The first kappa shape index (κ1) is 33.5. The maximum Gasteiger partial charge on any atom is 0.145 e. The van der Waals surface area contributed by atoms with Crippen molar-refractivity contribution in [2.75, 3.05) is 4.90 Å². The fourth-order valence-electron chi connectivity index (χ4n) is 11.0. The Balaban J connectivity index is 1.20. The number of anilines is 2. The van der Waals surface area contributed by atoms with E-state index in [1.54, 1.807) is 0 Å². The van der Waals surface area contributed by atoms with Crippen LogP contribution >= 0.6 is 0 Å². The van der Waals surface area contributed by atoms with Crippen LogP contribution in [0.3, 0.4) is 0 Å². The second kappa shape index (κ2) is 11.7. The van der Waals surface area contributed by atoms with Gasteiger partial charge in [-0.05, 0) is 118 Å². The minimum atomic E-state index is -0.218. The van der Waals surface area contributed by atoms with Gasteiger partial charge in [0.1, 0.15) is 11.2 Å². The van der Waals surface area contributed by atoms with Gasteiger partial charge < -0.3 is 13.9 Å². The molecule has 3 nitrogen and oxygen atoms in total. The van der Waals surface area contributed by atoms with Crippen molar-refractivity contribution < 1.29 is 4.42 Å². The molecule has 0 saturated carbocycles. The van der Waals surface area contributed by atoms with Gasteiger partial charge in [-0.2, -0.15) is 0 Å². The summed E-state index contributed by atoms with van der Waals surface area (Å²) < 4.78 is 9.58. The number of furan rings is 1. The lowest BCUT2D eigenvalue weighted by molar-refractivity contribution is 0.653. The number of aromatic nitrogens is 1. The monoisotopic (exact) mass is 748 g/mol. The van der Waals surface area contributed by atoms with E-state index in [1.807, 2.05) is 0 Å². The zero-order chi connectivity index (χ0) is 39.1. The van der Waals surface area contributed by atoms with Gasteiger partial charge in [0.2, 0.25) is 0 Å². The molecule has 3 aliphatic carbocycles. The Morgan fingerprint density at radius 2 is 1.28 bits per heavy atom. The standard InChI is InChI=1S/C55H44N2O/c1-33-16-15-25-49-50(33)52-48(32-45-51(53(52)58-49)41-21-10-13-23-43(41)55(45,4)5)56(35-26-28-38-37-19-9-12-22-42(37)54(2,3)44(38)30-35)36-27-29-40-39-20-11-14-24-46(39)57(47(40)31-36)34-17-7-6-8-18-34/h6-26,28,30-32H,27,29H2,1-5H3. The Bertz CT molecular complexity index is 3240. The number of aryl methyl sites for hydroxylation is 2. The molecule has 7 aromatic carbocycles. The van der Waals surface area contributed by atoms with E-state index in [0.717, 1.165) is 24.0 Å². The average molecular weight is 749 g/mol. The minimum Gasteiger partial charge on any atom is -0.455 e. The van der Waals surface area contributed by atoms with E-state index in [9.17, 15) is 0 Å². The van der Waals surface area contributed by atoms with E-state index in [2.05, 4.69) is 196 Å². The number of hydrogen-bond donors (Lipinski definition) is 0. The number of benzene rings is 7. The molecule has 9 aromatic rings. The smallest absolute Gasteiger partial charge is 0.145 e. The predicted molar refractivity (Wildman–Crippen MR) is 242 cm³/mol. The lowest BCUT2D eigenvalue weighted by Crippen LogP contribution is -2.22. The molecule has 3 aliphatic rings. The summed E-state index contributed by atoms with van der Waals surface area (Å²) in [6.45, 7) is 11.8. The van der Waals surface area contributed by atoms with Crippen LogP contribution in [0.2, 0.25) is 0 Å². The highest BCUT2D eigenvalue weighted by atomic mass is 16.3. The topological polar surface area (TPSA) is 21.3 Å². The molecule has 0 amide bonds. The molecular formula is C55H44N2O. The Morgan fingerprint density at radius 1 is 0.586 bits per heavy atom. The predicted octanol–water partition coefficient (Wildman–Crippen LogP) is 14.6. The first-order chi connectivity index (χ1) is 28.2. The lowest BCUT2D eigenvalue weighted by Gasteiger charge is -2.33. The second-order valence-electron chi connectivity index (χ2n) is 17.7. The Morgan fingerprint density at radius 3 is 2.10 bits per heavy atom. The van der Waals surface area contributed by atoms with Crippen LogP contribution < -0.4 is 4.90 Å². The van der Waals surface area contributed by atoms with Crippen LogP contribution in [0.25, 0.3) is 66.9 Å². The Kier molecular flexibility index (Phi) is 6.79. The molecule has 0 unspecified atom stereocenters. The van der Waals surface area contributed by atoms with E-state index < -0.39 is 0 Å². The maximum absolute atomic E-state index is 7.11. The third kappa shape index (κ3) is 4.39. The van der Waals surface area contributed by atoms with Crippen molar-refractivity contribution in [3.05, 3.63) is 190 Å². The SMILES string of the molecule is Cc1cccc2oc3c4c(cc(N(C5=Cc6c(c7ccccc7n6-c6ccccc6)CC5)c5ccc6c(c5)C(C)(C)c5ccccc5-6)c3c12)C(C)(C)c1ccccc1-4. The molecule has 12 rings (SSSR count). The molecule has 280 valence electrons. The molecule has 0 bridgehead atoms. The van der Waals surface area contributed by atoms with Gasteiger partial charge in [-0.3, -0.25) is 0 Å². The molecule has 0 N–H and O–H groups in total. The zero-order valence-electron chi connectivity index (χ0n) is 33.7. The number of hydrogen-bond acceptors (Lipinski definition) is 2. The summed E-state index contributed by atoms with van der Waals surface area (Å²) in [6, 6.07) is 54.0. The summed E-state index contributed by atoms with van der Waals surface area (Å²) in [4.78, 5) is 2.61. The number of fused-ring (bicyclic) bond motifs is 13. The number of rotatable bonds is 4. The van der Waals surface area contributed by atoms with E-state index in [0.29, 0.717) is 0 Å². The van der Waals surface area contributed by atoms with E-state index in [4.69, 9.17) is 4.42 Å². The Labute approximate surface area is 339 Å². The molecule has 0 aliphatic heterocycles. The van der Waals surface area contributed by atoms with Crippen molar-refractivity contribution in [3.63, 3.8) is 0 Å². The number of allylic oxidation sites excluding steroid dienone is 1. The average Bonchev–Trinajstić information content (AvgIpc) is 3.93. The van der Waals surface area contributed by atoms with Crippen molar-refractivity contribution >= 4 is 50.3 Å². The van der Waals surface area contributed by atoms with Gasteiger partial charge in [0.05, 0.1) is 22.3 Å². The van der Waals surface area contributed by atoms with Gasteiger partial charge in [0, 0.05) is 44.2 Å². The summed E-state index contributed by atoms with van der Waals surface area (Å²) in [5.74, 6) is 0. The molecule has 2 heterocycles. The van der Waals surface area contributed by atoms with Crippen LogP contribution in [0.4, 0.5) is 11.4 Å². The highest BCUT2D eigenvalue weighted by Crippen LogP contribution is 2.57. The zero-order valence-corrected chi connectivity index (χ0v) is 33.7. The van der Waals surface area contributed by atoms with Gasteiger partial charge in [-0.15, -0.1) is 0 Å². The Hall–Kier alpha value is -6.58. The van der Waals surface area contributed by atoms with Crippen LogP contribution in [0.15, 0.2) is 156 Å². The van der Waals surface area contributed by atoms with Gasteiger partial charge in [-0.25, -0.2) is 0 Å². The molecule has 58 heavy (non-hydrogen) atoms.